The zero-order chi connectivity index (χ0) is 15.4. The molecule has 2 aliphatic rings. The van der Waals surface area contributed by atoms with Crippen LogP contribution in [-0.2, 0) is 12.8 Å². The van der Waals surface area contributed by atoms with Crippen molar-refractivity contribution >= 4 is 0 Å². The topological polar surface area (TPSA) is 18.5 Å². The number of piperidine rings is 1. The van der Waals surface area contributed by atoms with Crippen molar-refractivity contribution in [3.8, 4) is 0 Å². The second-order valence-electron chi connectivity index (χ2n) is 7.20. The van der Waals surface area contributed by atoms with Crippen LogP contribution in [0.15, 0.2) is 24.3 Å². The van der Waals surface area contributed by atoms with Crippen LogP contribution in [0.4, 0.5) is 0 Å². The van der Waals surface area contributed by atoms with E-state index in [0.717, 1.165) is 12.6 Å². The molecule has 1 heterocycles. The van der Waals surface area contributed by atoms with Crippen molar-refractivity contribution in [3.63, 3.8) is 0 Å². The Hall–Kier alpha value is -0.900. The fraction of sp³-hybridized carbons (Fsp3) is 0.684. The molecule has 1 aromatic rings. The minimum absolute atomic E-state index is 0.675. The first-order valence-electron chi connectivity index (χ1n) is 8.91. The normalized spacial score (nSPS) is 23.7. The molecule has 22 heavy (non-hydrogen) atoms. The molecule has 1 fully saturated rings. The largest absolute Gasteiger partial charge is 0.312 e. The van der Waals surface area contributed by atoms with Crippen molar-refractivity contribution < 1.29 is 0 Å². The second kappa shape index (κ2) is 7.58. The Morgan fingerprint density at radius 3 is 2.55 bits per heavy atom. The van der Waals surface area contributed by atoms with Gasteiger partial charge < -0.3 is 15.1 Å². The molecule has 0 radical (unpaired) electrons. The first kappa shape index (κ1) is 16.0. The summed E-state index contributed by atoms with van der Waals surface area (Å²) in [6.45, 7) is 4.87. The molecule has 0 saturated carbocycles. The summed E-state index contributed by atoms with van der Waals surface area (Å²) < 4.78 is 0. The summed E-state index contributed by atoms with van der Waals surface area (Å²) >= 11 is 0. The van der Waals surface area contributed by atoms with Crippen LogP contribution in [0, 0.1) is 0 Å². The average molecular weight is 301 g/mol. The summed E-state index contributed by atoms with van der Waals surface area (Å²) in [5.74, 6) is 0. The van der Waals surface area contributed by atoms with Gasteiger partial charge in [-0.3, -0.25) is 0 Å². The summed E-state index contributed by atoms with van der Waals surface area (Å²) in [5, 5.41) is 3.79. The van der Waals surface area contributed by atoms with Gasteiger partial charge in [0.2, 0.25) is 0 Å². The fourth-order valence-electron chi connectivity index (χ4n) is 3.96. The maximum Gasteiger partial charge on any atom is 0.0113 e. The predicted molar refractivity (Wildman–Crippen MR) is 93.4 cm³/mol. The van der Waals surface area contributed by atoms with Crippen LogP contribution in [0.25, 0.3) is 0 Å². The lowest BCUT2D eigenvalue weighted by molar-refractivity contribution is 0.144. The van der Waals surface area contributed by atoms with Gasteiger partial charge in [0.25, 0.3) is 0 Å². The van der Waals surface area contributed by atoms with Crippen LogP contribution in [0.2, 0.25) is 0 Å². The highest BCUT2D eigenvalue weighted by Crippen LogP contribution is 2.21. The molecule has 0 bridgehead atoms. The molecule has 3 nitrogen and oxygen atoms in total. The van der Waals surface area contributed by atoms with Crippen molar-refractivity contribution in [2.45, 2.75) is 44.2 Å². The van der Waals surface area contributed by atoms with E-state index in [9.17, 15) is 0 Å². The quantitative estimate of drug-likeness (QED) is 0.899. The van der Waals surface area contributed by atoms with Crippen LogP contribution in [-0.4, -0.2) is 62.2 Å². The van der Waals surface area contributed by atoms with Gasteiger partial charge in [-0.2, -0.15) is 0 Å². The number of nitrogens with one attached hydrogen (secondary N) is 1. The summed E-state index contributed by atoms with van der Waals surface area (Å²) in [6.07, 6.45) is 6.38. The number of aryl methyl sites for hydroxylation is 1. The Kier molecular flexibility index (Phi) is 5.51. The Morgan fingerprint density at radius 2 is 1.82 bits per heavy atom. The third kappa shape index (κ3) is 4.09. The van der Waals surface area contributed by atoms with Crippen molar-refractivity contribution in [1.82, 2.24) is 15.1 Å². The van der Waals surface area contributed by atoms with Gasteiger partial charge in [0.15, 0.2) is 0 Å². The molecule has 0 aromatic heterocycles. The SMILES string of the molecule is CN(C)C1CCN(CCN[C@@H]2CCc3ccccc3C2)CC1. The van der Waals surface area contributed by atoms with E-state index in [4.69, 9.17) is 0 Å². The number of fused-ring (bicyclic) bond motifs is 1. The Balaban J connectivity index is 1.36. The van der Waals surface area contributed by atoms with E-state index < -0.39 is 0 Å². The summed E-state index contributed by atoms with van der Waals surface area (Å²) in [4.78, 5) is 5.01. The molecule has 1 N–H and O–H groups in total. The maximum atomic E-state index is 3.79. The highest BCUT2D eigenvalue weighted by molar-refractivity contribution is 5.30. The van der Waals surface area contributed by atoms with Crippen molar-refractivity contribution in [3.05, 3.63) is 35.4 Å². The van der Waals surface area contributed by atoms with E-state index in [-0.39, 0.29) is 0 Å². The molecule has 122 valence electrons. The van der Waals surface area contributed by atoms with Gasteiger partial charge >= 0.3 is 0 Å². The molecule has 1 saturated heterocycles. The molecule has 1 aromatic carbocycles. The van der Waals surface area contributed by atoms with Gasteiger partial charge in [-0.15, -0.1) is 0 Å². The lowest BCUT2D eigenvalue weighted by Crippen LogP contribution is -2.45. The summed E-state index contributed by atoms with van der Waals surface area (Å²) in [7, 11) is 4.42. The average Bonchev–Trinajstić information content (AvgIpc) is 2.55. The van der Waals surface area contributed by atoms with E-state index >= 15 is 0 Å². The van der Waals surface area contributed by atoms with Gasteiger partial charge in [-0.25, -0.2) is 0 Å². The number of hydrogen-bond donors (Lipinski definition) is 1. The molecular weight excluding hydrogens is 270 g/mol. The monoisotopic (exact) mass is 301 g/mol. The van der Waals surface area contributed by atoms with Crippen LogP contribution < -0.4 is 5.32 Å². The van der Waals surface area contributed by atoms with Crippen molar-refractivity contribution in [2.24, 2.45) is 0 Å². The molecule has 3 rings (SSSR count). The third-order valence-electron chi connectivity index (χ3n) is 5.50. The molecule has 1 atom stereocenters. The minimum Gasteiger partial charge on any atom is -0.312 e. The molecular formula is C19H31N3. The first-order valence-corrected chi connectivity index (χ1v) is 8.91. The van der Waals surface area contributed by atoms with Crippen molar-refractivity contribution in [2.75, 3.05) is 40.3 Å². The third-order valence-corrected chi connectivity index (χ3v) is 5.50. The van der Waals surface area contributed by atoms with E-state index in [1.54, 1.807) is 11.1 Å². The lowest BCUT2D eigenvalue weighted by Gasteiger charge is -2.35. The van der Waals surface area contributed by atoms with E-state index in [0.29, 0.717) is 6.04 Å². The van der Waals surface area contributed by atoms with Crippen LogP contribution >= 0.6 is 0 Å². The van der Waals surface area contributed by atoms with Gasteiger partial charge in [0, 0.05) is 25.2 Å². The lowest BCUT2D eigenvalue weighted by atomic mass is 9.88. The standard InChI is InChI=1S/C19H31N3/c1-21(2)19-9-12-22(13-10-19)14-11-20-18-8-7-16-5-3-4-6-17(16)15-18/h3-6,18-20H,7-15H2,1-2H3/t18-/m1/s1. The number of benzene rings is 1. The fourth-order valence-corrected chi connectivity index (χ4v) is 3.96. The second-order valence-corrected chi connectivity index (χ2v) is 7.20. The number of hydrogen-bond acceptors (Lipinski definition) is 3. The summed E-state index contributed by atoms with van der Waals surface area (Å²) in [5.41, 5.74) is 3.12. The Morgan fingerprint density at radius 1 is 1.09 bits per heavy atom. The molecule has 0 unspecified atom stereocenters. The molecule has 1 aliphatic heterocycles. The molecule has 1 aliphatic carbocycles. The highest BCUT2D eigenvalue weighted by Gasteiger charge is 2.21. The van der Waals surface area contributed by atoms with E-state index in [2.05, 4.69) is 53.5 Å². The predicted octanol–water partition coefficient (Wildman–Crippen LogP) is 2.16. The number of nitrogens with zero attached hydrogens (tertiary/aromatic N) is 2. The maximum absolute atomic E-state index is 3.79. The smallest absolute Gasteiger partial charge is 0.0113 e. The number of rotatable bonds is 5. The van der Waals surface area contributed by atoms with Gasteiger partial charge in [0.05, 0.1) is 0 Å². The first-order chi connectivity index (χ1) is 10.7. The molecule has 3 heteroatoms. The minimum atomic E-state index is 0.675. The molecule has 0 amide bonds. The van der Waals surface area contributed by atoms with Crippen LogP contribution in [0.5, 0.6) is 0 Å². The van der Waals surface area contributed by atoms with Gasteiger partial charge in [-0.1, -0.05) is 24.3 Å². The van der Waals surface area contributed by atoms with Crippen LogP contribution in [0.3, 0.4) is 0 Å². The summed E-state index contributed by atoms with van der Waals surface area (Å²) in [6, 6.07) is 10.4. The number of likely N-dealkylation sites (tertiary alicyclic amines) is 1. The zero-order valence-electron chi connectivity index (χ0n) is 14.2. The van der Waals surface area contributed by atoms with Crippen molar-refractivity contribution in [1.29, 1.82) is 0 Å². The van der Waals surface area contributed by atoms with Gasteiger partial charge in [0.1, 0.15) is 0 Å². The Labute approximate surface area is 135 Å². The molecule has 0 spiro atoms. The van der Waals surface area contributed by atoms with Gasteiger partial charge in [-0.05, 0) is 70.4 Å². The van der Waals surface area contributed by atoms with Crippen LogP contribution in [0.1, 0.15) is 30.4 Å². The van der Waals surface area contributed by atoms with E-state index in [1.165, 1.54) is 51.7 Å². The van der Waals surface area contributed by atoms with E-state index in [1.807, 2.05) is 0 Å². The highest BCUT2D eigenvalue weighted by atomic mass is 15.2. The zero-order valence-corrected chi connectivity index (χ0v) is 14.2. The Bertz CT molecular complexity index is 464.